The van der Waals surface area contributed by atoms with Gasteiger partial charge >= 0.3 is 0 Å². The van der Waals surface area contributed by atoms with Crippen LogP contribution in [0.3, 0.4) is 0 Å². The van der Waals surface area contributed by atoms with Gasteiger partial charge in [0.05, 0.1) is 10.6 Å². The van der Waals surface area contributed by atoms with Crippen LogP contribution in [0.5, 0.6) is 5.75 Å². The highest BCUT2D eigenvalue weighted by molar-refractivity contribution is 7.91. The maximum Gasteiger partial charge on any atom is 0.178 e. The molecule has 1 aromatic rings. The molecule has 0 saturated carbocycles. The summed E-state index contributed by atoms with van der Waals surface area (Å²) in [7, 11) is -3.15. The zero-order chi connectivity index (χ0) is 9.19. The van der Waals surface area contributed by atoms with Crippen LogP contribution >= 0.6 is 0 Å². The van der Waals surface area contributed by atoms with Crippen LogP contribution in [0.2, 0.25) is 0 Å². The van der Waals surface area contributed by atoms with Gasteiger partial charge in [0.2, 0.25) is 0 Å². The van der Waals surface area contributed by atoms with Crippen LogP contribution in [0.4, 0.5) is 0 Å². The fourth-order valence-corrected chi connectivity index (χ4v) is 1.70. The number of hydrogen-bond donors (Lipinski definition) is 0. The number of hydrogen-bond acceptors (Lipinski definition) is 2. The van der Waals surface area contributed by atoms with Crippen LogP contribution in [-0.2, 0) is 14.9 Å². The van der Waals surface area contributed by atoms with E-state index >= 15 is 0 Å². The molecule has 0 fully saturated rings. The van der Waals surface area contributed by atoms with Gasteiger partial charge in [0.1, 0.15) is 0 Å². The smallest absolute Gasteiger partial charge is 0.178 e. The van der Waals surface area contributed by atoms with Crippen molar-refractivity contribution in [1.29, 1.82) is 0 Å². The van der Waals surface area contributed by atoms with Crippen molar-refractivity contribution < 1.29 is 13.5 Å². The topological polar surface area (TPSA) is 54.0 Å². The molecule has 12 heavy (non-hydrogen) atoms. The molecular weight excluding hydrogens is 176 g/mol. The first-order valence-electron chi connectivity index (χ1n) is 3.56. The van der Waals surface area contributed by atoms with E-state index in [4.69, 9.17) is 0 Å². The molecule has 1 radical (unpaired) electrons. The van der Waals surface area contributed by atoms with Crippen LogP contribution in [0.25, 0.3) is 0 Å². The highest BCUT2D eigenvalue weighted by atomic mass is 32.2. The summed E-state index contributed by atoms with van der Waals surface area (Å²) in [6, 6.07) is 5.17. The lowest BCUT2D eigenvalue weighted by atomic mass is 10.3. The lowest BCUT2D eigenvalue weighted by Crippen LogP contribution is -2.02. The Labute approximate surface area is 71.6 Å². The maximum absolute atomic E-state index is 11.2. The summed E-state index contributed by atoms with van der Waals surface area (Å²) in [4.78, 5) is 0.213. The van der Waals surface area contributed by atoms with Gasteiger partial charge in [-0.05, 0) is 24.3 Å². The quantitative estimate of drug-likeness (QED) is 0.703. The van der Waals surface area contributed by atoms with Gasteiger partial charge in [-0.25, -0.2) is 8.42 Å². The predicted octanol–water partition coefficient (Wildman–Crippen LogP) is 1.62. The van der Waals surface area contributed by atoms with Gasteiger partial charge in [0, 0.05) is 0 Å². The van der Waals surface area contributed by atoms with Gasteiger partial charge < -0.3 is 0 Å². The maximum atomic E-state index is 11.2. The zero-order valence-electron chi connectivity index (χ0n) is 6.65. The SMILES string of the molecule is CCS(=O)(=O)c1ccc([O])cc1. The molecule has 1 aromatic carbocycles. The van der Waals surface area contributed by atoms with E-state index in [1.54, 1.807) is 6.92 Å². The molecule has 0 unspecified atom stereocenters. The molecule has 0 atom stereocenters. The Hall–Kier alpha value is -1.03. The third kappa shape index (κ3) is 1.76. The largest absolute Gasteiger partial charge is 0.290 e. The van der Waals surface area contributed by atoms with Crippen LogP contribution in [-0.4, -0.2) is 14.2 Å². The zero-order valence-corrected chi connectivity index (χ0v) is 7.47. The minimum absolute atomic E-state index is 0.0607. The fraction of sp³-hybridized carbons (Fsp3) is 0.250. The third-order valence-electron chi connectivity index (χ3n) is 1.56. The summed E-state index contributed by atoms with van der Waals surface area (Å²) in [6.07, 6.45) is 0. The van der Waals surface area contributed by atoms with E-state index in [1.807, 2.05) is 0 Å². The standard InChI is InChI=1S/C8H9O3S/c1-2-12(10,11)8-5-3-7(9)4-6-8/h3-6H,2H2,1H3. The summed E-state index contributed by atoms with van der Waals surface area (Å²) in [5, 5.41) is 10.6. The minimum Gasteiger partial charge on any atom is -0.290 e. The first-order valence-corrected chi connectivity index (χ1v) is 5.21. The molecule has 4 heteroatoms. The summed E-state index contributed by atoms with van der Waals surface area (Å²) in [5.74, 6) is -0.115. The summed E-state index contributed by atoms with van der Waals surface area (Å²) < 4.78 is 22.4. The lowest BCUT2D eigenvalue weighted by molar-refractivity contribution is 0.354. The summed E-state index contributed by atoms with van der Waals surface area (Å²) in [5.41, 5.74) is 0. The van der Waals surface area contributed by atoms with Gasteiger partial charge in [-0.3, -0.25) is 5.11 Å². The number of rotatable bonds is 2. The molecule has 0 spiro atoms. The molecule has 0 saturated heterocycles. The second-order valence-corrected chi connectivity index (χ2v) is 4.65. The average Bonchev–Trinajstić information content (AvgIpc) is 2.05. The van der Waals surface area contributed by atoms with Gasteiger partial charge in [0.25, 0.3) is 0 Å². The molecule has 0 aliphatic carbocycles. The van der Waals surface area contributed by atoms with Crippen molar-refractivity contribution in [2.45, 2.75) is 11.8 Å². The van der Waals surface area contributed by atoms with E-state index in [0.717, 1.165) is 0 Å². The molecule has 1 rings (SSSR count). The molecule has 3 nitrogen and oxygen atoms in total. The average molecular weight is 185 g/mol. The second-order valence-electron chi connectivity index (χ2n) is 2.37. The number of sulfone groups is 1. The molecule has 65 valence electrons. The molecule has 0 bridgehead atoms. The lowest BCUT2D eigenvalue weighted by Gasteiger charge is -1.98. The minimum atomic E-state index is -3.15. The Kier molecular flexibility index (Phi) is 2.38. The molecule has 0 heterocycles. The summed E-state index contributed by atoms with van der Waals surface area (Å²) in [6.45, 7) is 1.57. The van der Waals surface area contributed by atoms with Crippen LogP contribution < -0.4 is 0 Å². The highest BCUT2D eigenvalue weighted by Crippen LogP contribution is 2.15. The molecule has 0 N–H and O–H groups in total. The normalized spacial score (nSPS) is 11.4. The van der Waals surface area contributed by atoms with E-state index in [9.17, 15) is 13.5 Å². The highest BCUT2D eigenvalue weighted by Gasteiger charge is 2.10. The monoisotopic (exact) mass is 185 g/mol. The van der Waals surface area contributed by atoms with E-state index in [-0.39, 0.29) is 16.4 Å². The third-order valence-corrected chi connectivity index (χ3v) is 3.31. The van der Waals surface area contributed by atoms with Gasteiger partial charge in [0.15, 0.2) is 15.6 Å². The first-order chi connectivity index (χ1) is 5.56. The first kappa shape index (κ1) is 9.06. The molecular formula is C8H9O3S. The van der Waals surface area contributed by atoms with Crippen LogP contribution in [0.1, 0.15) is 6.92 Å². The Morgan fingerprint density at radius 1 is 1.17 bits per heavy atom. The van der Waals surface area contributed by atoms with E-state index in [2.05, 4.69) is 0 Å². The molecule has 0 aromatic heterocycles. The molecule has 0 aliphatic heterocycles. The van der Waals surface area contributed by atoms with Crippen molar-refractivity contribution in [3.8, 4) is 5.75 Å². The van der Waals surface area contributed by atoms with Gasteiger partial charge in [-0.2, -0.15) is 0 Å². The van der Waals surface area contributed by atoms with Crippen molar-refractivity contribution in [1.82, 2.24) is 0 Å². The van der Waals surface area contributed by atoms with Crippen LogP contribution in [0, 0.1) is 0 Å². The Balaban J connectivity index is 3.14. The van der Waals surface area contributed by atoms with Crippen molar-refractivity contribution in [2.24, 2.45) is 0 Å². The van der Waals surface area contributed by atoms with E-state index in [1.165, 1.54) is 24.3 Å². The Morgan fingerprint density at radius 3 is 2.08 bits per heavy atom. The molecule has 0 aliphatic rings. The van der Waals surface area contributed by atoms with Gasteiger partial charge in [-0.1, -0.05) is 6.92 Å². The molecule has 0 amide bonds. The second kappa shape index (κ2) is 3.15. The van der Waals surface area contributed by atoms with E-state index < -0.39 is 9.84 Å². The van der Waals surface area contributed by atoms with Crippen molar-refractivity contribution in [3.05, 3.63) is 24.3 Å². The Morgan fingerprint density at radius 2 is 1.67 bits per heavy atom. The predicted molar refractivity (Wildman–Crippen MR) is 44.3 cm³/mol. The van der Waals surface area contributed by atoms with Gasteiger partial charge in [-0.15, -0.1) is 0 Å². The Bertz CT molecular complexity index is 350. The van der Waals surface area contributed by atoms with Crippen LogP contribution in [0.15, 0.2) is 29.2 Å². The van der Waals surface area contributed by atoms with E-state index in [0.29, 0.717) is 0 Å². The van der Waals surface area contributed by atoms with Crippen molar-refractivity contribution in [2.75, 3.05) is 5.75 Å². The number of benzene rings is 1. The van der Waals surface area contributed by atoms with Crippen molar-refractivity contribution >= 4 is 9.84 Å². The fourth-order valence-electron chi connectivity index (χ4n) is 0.814. The van der Waals surface area contributed by atoms with Crippen molar-refractivity contribution in [3.63, 3.8) is 0 Å². The summed E-state index contributed by atoms with van der Waals surface area (Å²) >= 11 is 0.